The van der Waals surface area contributed by atoms with Gasteiger partial charge in [-0.2, -0.15) is 0 Å². The molecular formula is C28H21ClN2O2. The second-order valence-electron chi connectivity index (χ2n) is 7.83. The normalized spacial score (nSPS) is 11.9. The van der Waals surface area contributed by atoms with E-state index in [1.807, 2.05) is 42.5 Å². The average molecular weight is 453 g/mol. The maximum absolute atomic E-state index is 12.2. The van der Waals surface area contributed by atoms with Crippen LogP contribution in [0.4, 0.5) is 4.79 Å². The van der Waals surface area contributed by atoms with Gasteiger partial charge in [0.15, 0.2) is 0 Å². The summed E-state index contributed by atoms with van der Waals surface area (Å²) in [6.45, 7) is 0.719. The lowest BCUT2D eigenvalue weighted by Crippen LogP contribution is -2.26. The van der Waals surface area contributed by atoms with E-state index in [0.717, 1.165) is 16.5 Å². The van der Waals surface area contributed by atoms with Crippen LogP contribution in [0.5, 0.6) is 0 Å². The summed E-state index contributed by atoms with van der Waals surface area (Å²) < 4.78 is 5.55. The highest BCUT2D eigenvalue weighted by atomic mass is 35.5. The van der Waals surface area contributed by atoms with Crippen LogP contribution in [0.15, 0.2) is 79.0 Å². The van der Waals surface area contributed by atoms with E-state index in [2.05, 4.69) is 46.4 Å². The number of carbonyl (C=O) groups excluding carboxylic acids is 1. The highest BCUT2D eigenvalue weighted by molar-refractivity contribution is 6.35. The predicted octanol–water partition coefficient (Wildman–Crippen LogP) is 6.17. The van der Waals surface area contributed by atoms with E-state index in [0.29, 0.717) is 24.6 Å². The molecule has 0 fully saturated rings. The smallest absolute Gasteiger partial charge is 0.407 e. The minimum atomic E-state index is -0.428. The van der Waals surface area contributed by atoms with Gasteiger partial charge in [0.1, 0.15) is 6.61 Å². The molecule has 3 aromatic carbocycles. The van der Waals surface area contributed by atoms with Gasteiger partial charge in [-0.3, -0.25) is 4.98 Å². The third-order valence-electron chi connectivity index (χ3n) is 5.78. The number of halogens is 1. The van der Waals surface area contributed by atoms with E-state index in [-0.39, 0.29) is 5.92 Å². The van der Waals surface area contributed by atoms with Gasteiger partial charge in [0.25, 0.3) is 0 Å². The molecule has 33 heavy (non-hydrogen) atoms. The molecule has 1 heterocycles. The molecule has 0 bridgehead atoms. The molecule has 162 valence electrons. The fourth-order valence-corrected chi connectivity index (χ4v) is 4.44. The Labute approximate surface area is 197 Å². The molecule has 0 radical (unpaired) electrons. The Morgan fingerprint density at radius 1 is 1.00 bits per heavy atom. The quantitative estimate of drug-likeness (QED) is 0.297. The number of rotatable bonds is 4. The van der Waals surface area contributed by atoms with Crippen molar-refractivity contribution < 1.29 is 9.53 Å². The number of nitrogens with zero attached hydrogens (tertiary/aromatic N) is 1. The number of fused-ring (bicyclic) bond motifs is 4. The van der Waals surface area contributed by atoms with Gasteiger partial charge in [0.2, 0.25) is 0 Å². The molecular weight excluding hydrogens is 432 g/mol. The fraction of sp³-hybridized carbons (Fsp3) is 0.143. The van der Waals surface area contributed by atoms with Crippen LogP contribution in [0.1, 0.15) is 29.0 Å². The standard InChI is InChI=1S/C28H21ClN2O2/c29-26-14-16-30-27-13-12-19(17-24(26)27)7-5-6-15-31-28(32)33-18-25-22-10-3-1-8-20(22)21-9-2-4-11-23(21)25/h1-4,8-14,16-17,25H,6,15,18H2,(H,31,32). The monoisotopic (exact) mass is 452 g/mol. The molecule has 4 aromatic rings. The molecule has 1 amide bonds. The number of carbonyl (C=O) groups is 1. The van der Waals surface area contributed by atoms with Crippen LogP contribution in [0.2, 0.25) is 5.02 Å². The van der Waals surface area contributed by atoms with Crippen molar-refractivity contribution in [2.45, 2.75) is 12.3 Å². The molecule has 0 unspecified atom stereocenters. The Balaban J connectivity index is 1.14. The van der Waals surface area contributed by atoms with Gasteiger partial charge >= 0.3 is 6.09 Å². The number of alkyl carbamates (subject to hydrolysis) is 1. The molecule has 0 aliphatic heterocycles. The first-order valence-electron chi connectivity index (χ1n) is 10.8. The molecule has 1 aromatic heterocycles. The van der Waals surface area contributed by atoms with E-state index in [9.17, 15) is 4.79 Å². The summed E-state index contributed by atoms with van der Waals surface area (Å²) in [7, 11) is 0. The van der Waals surface area contributed by atoms with Crippen LogP contribution in [0, 0.1) is 11.8 Å². The summed E-state index contributed by atoms with van der Waals surface area (Å²) in [6, 6.07) is 24.1. The van der Waals surface area contributed by atoms with E-state index in [1.54, 1.807) is 12.3 Å². The van der Waals surface area contributed by atoms with Gasteiger partial charge < -0.3 is 10.1 Å². The zero-order chi connectivity index (χ0) is 22.6. The minimum Gasteiger partial charge on any atom is -0.449 e. The lowest BCUT2D eigenvalue weighted by atomic mass is 9.98. The predicted molar refractivity (Wildman–Crippen MR) is 131 cm³/mol. The third kappa shape index (κ3) is 4.41. The average Bonchev–Trinajstić information content (AvgIpc) is 3.17. The summed E-state index contributed by atoms with van der Waals surface area (Å²) in [6.07, 6.45) is 1.77. The fourth-order valence-electron chi connectivity index (χ4n) is 4.23. The molecule has 1 N–H and O–H groups in total. The summed E-state index contributed by atoms with van der Waals surface area (Å²) >= 11 is 6.23. The zero-order valence-corrected chi connectivity index (χ0v) is 18.6. The molecule has 0 atom stereocenters. The van der Waals surface area contributed by atoms with Crippen molar-refractivity contribution in [2.24, 2.45) is 0 Å². The summed E-state index contributed by atoms with van der Waals surface area (Å²) in [5, 5.41) is 4.32. The number of aromatic nitrogens is 1. The van der Waals surface area contributed by atoms with Crippen molar-refractivity contribution in [3.05, 3.63) is 101 Å². The maximum atomic E-state index is 12.2. The molecule has 0 saturated heterocycles. The third-order valence-corrected chi connectivity index (χ3v) is 6.11. The number of hydrogen-bond donors (Lipinski definition) is 1. The Bertz CT molecular complexity index is 1360. The summed E-state index contributed by atoms with van der Waals surface area (Å²) in [4.78, 5) is 16.5. The van der Waals surface area contributed by atoms with E-state index >= 15 is 0 Å². The highest BCUT2D eigenvalue weighted by Crippen LogP contribution is 2.44. The van der Waals surface area contributed by atoms with Crippen LogP contribution in [-0.4, -0.2) is 24.2 Å². The van der Waals surface area contributed by atoms with Crippen molar-refractivity contribution in [2.75, 3.05) is 13.2 Å². The molecule has 0 saturated carbocycles. The lowest BCUT2D eigenvalue weighted by Gasteiger charge is -2.14. The SMILES string of the molecule is O=C(NCCC#Cc1ccc2nccc(Cl)c2c1)OCC1c2ccccc2-c2ccccc21. The summed E-state index contributed by atoms with van der Waals surface area (Å²) in [5.74, 6) is 6.24. The van der Waals surface area contributed by atoms with Gasteiger partial charge in [0.05, 0.1) is 10.5 Å². The number of hydrogen-bond acceptors (Lipinski definition) is 3. The highest BCUT2D eigenvalue weighted by Gasteiger charge is 2.28. The first-order valence-corrected chi connectivity index (χ1v) is 11.2. The number of pyridine rings is 1. The Hall–Kier alpha value is -3.81. The molecule has 4 nitrogen and oxygen atoms in total. The number of amides is 1. The molecule has 1 aliphatic rings. The van der Waals surface area contributed by atoms with Crippen LogP contribution in [0.3, 0.4) is 0 Å². The van der Waals surface area contributed by atoms with Crippen molar-refractivity contribution in [3.8, 4) is 23.0 Å². The second-order valence-corrected chi connectivity index (χ2v) is 8.24. The van der Waals surface area contributed by atoms with E-state index in [4.69, 9.17) is 16.3 Å². The molecule has 1 aliphatic carbocycles. The number of ether oxygens (including phenoxy) is 1. The van der Waals surface area contributed by atoms with Gasteiger partial charge in [-0.25, -0.2) is 4.79 Å². The number of benzene rings is 3. The maximum Gasteiger partial charge on any atom is 0.407 e. The zero-order valence-electron chi connectivity index (χ0n) is 17.8. The van der Waals surface area contributed by atoms with Crippen molar-refractivity contribution in [1.82, 2.24) is 10.3 Å². The van der Waals surface area contributed by atoms with Crippen LogP contribution in [0.25, 0.3) is 22.0 Å². The van der Waals surface area contributed by atoms with Crippen LogP contribution in [-0.2, 0) is 4.74 Å². The topological polar surface area (TPSA) is 51.2 Å². The second kappa shape index (κ2) is 9.36. The van der Waals surface area contributed by atoms with Gasteiger partial charge in [-0.1, -0.05) is 72.0 Å². The number of nitrogens with one attached hydrogen (secondary N) is 1. The Kier molecular flexibility index (Phi) is 5.97. The van der Waals surface area contributed by atoms with Gasteiger partial charge in [-0.15, -0.1) is 0 Å². The lowest BCUT2D eigenvalue weighted by molar-refractivity contribution is 0.143. The first-order chi connectivity index (χ1) is 16.2. The van der Waals surface area contributed by atoms with Gasteiger partial charge in [0, 0.05) is 36.0 Å². The van der Waals surface area contributed by atoms with Gasteiger partial charge in [-0.05, 0) is 46.5 Å². The van der Waals surface area contributed by atoms with Crippen molar-refractivity contribution >= 4 is 28.6 Å². The first kappa shape index (κ1) is 21.1. The van der Waals surface area contributed by atoms with Crippen molar-refractivity contribution in [1.29, 1.82) is 0 Å². The molecule has 5 rings (SSSR count). The van der Waals surface area contributed by atoms with Crippen molar-refractivity contribution in [3.63, 3.8) is 0 Å². The summed E-state index contributed by atoms with van der Waals surface area (Å²) in [5.41, 5.74) is 6.51. The van der Waals surface area contributed by atoms with E-state index < -0.39 is 6.09 Å². The minimum absolute atomic E-state index is 0.0529. The van der Waals surface area contributed by atoms with Crippen LogP contribution >= 0.6 is 11.6 Å². The Morgan fingerprint density at radius 2 is 1.73 bits per heavy atom. The largest absolute Gasteiger partial charge is 0.449 e. The molecule has 5 heteroatoms. The molecule has 0 spiro atoms. The van der Waals surface area contributed by atoms with Crippen LogP contribution < -0.4 is 5.32 Å². The Morgan fingerprint density at radius 3 is 2.48 bits per heavy atom. The van der Waals surface area contributed by atoms with E-state index in [1.165, 1.54) is 22.3 Å².